The van der Waals surface area contributed by atoms with Gasteiger partial charge in [-0.05, 0) is 25.6 Å². The Morgan fingerprint density at radius 3 is 2.80 bits per heavy atom. The molecule has 0 atom stereocenters. The molecule has 0 fully saturated rings. The van der Waals surface area contributed by atoms with Gasteiger partial charge in [-0.2, -0.15) is 10.2 Å². The van der Waals surface area contributed by atoms with Crippen molar-refractivity contribution < 1.29 is 0 Å². The maximum Gasteiger partial charge on any atom is 0.199 e. The van der Waals surface area contributed by atoms with Gasteiger partial charge in [-0.25, -0.2) is 0 Å². The largest absolute Gasteiger partial charge is 0.273 e. The van der Waals surface area contributed by atoms with Crippen LogP contribution in [-0.2, 0) is 13.5 Å². The maximum atomic E-state index is 5.18. The monoisotopic (exact) mass is 223 g/mol. The summed E-state index contributed by atoms with van der Waals surface area (Å²) in [7, 11) is 1.90. The number of rotatable bonds is 2. The third-order valence-electron chi connectivity index (χ3n) is 2.30. The van der Waals surface area contributed by atoms with Crippen molar-refractivity contribution in [3.8, 4) is 5.69 Å². The fourth-order valence-corrected chi connectivity index (χ4v) is 1.90. The summed E-state index contributed by atoms with van der Waals surface area (Å²) in [5.74, 6) is 0.850. The standard InChI is InChI=1S/C9H13N5S/c1-4-7-8(5-13(3)12-7)14-6(2)10-11-9(14)15/h5H,4H2,1-3H3,(H,11,15). The van der Waals surface area contributed by atoms with Crippen LogP contribution >= 0.6 is 12.2 Å². The van der Waals surface area contributed by atoms with Crippen molar-refractivity contribution in [1.82, 2.24) is 24.5 Å². The molecule has 0 spiro atoms. The molecule has 0 bridgehead atoms. The number of hydrogen-bond acceptors (Lipinski definition) is 3. The van der Waals surface area contributed by atoms with Crippen molar-refractivity contribution in [2.75, 3.05) is 0 Å². The average molecular weight is 223 g/mol. The smallest absolute Gasteiger partial charge is 0.199 e. The molecule has 0 unspecified atom stereocenters. The minimum Gasteiger partial charge on any atom is -0.273 e. The lowest BCUT2D eigenvalue weighted by molar-refractivity contribution is 0.746. The van der Waals surface area contributed by atoms with Gasteiger partial charge >= 0.3 is 0 Å². The van der Waals surface area contributed by atoms with E-state index in [0.717, 1.165) is 23.6 Å². The lowest BCUT2D eigenvalue weighted by atomic mass is 10.3. The van der Waals surface area contributed by atoms with Gasteiger partial charge in [0.2, 0.25) is 0 Å². The molecule has 15 heavy (non-hydrogen) atoms. The second kappa shape index (κ2) is 3.62. The molecule has 80 valence electrons. The van der Waals surface area contributed by atoms with Crippen LogP contribution in [0.5, 0.6) is 0 Å². The van der Waals surface area contributed by atoms with E-state index in [9.17, 15) is 0 Å². The summed E-state index contributed by atoms with van der Waals surface area (Å²) in [6.07, 6.45) is 2.83. The molecule has 0 aromatic carbocycles. The van der Waals surface area contributed by atoms with Crippen molar-refractivity contribution in [1.29, 1.82) is 0 Å². The van der Waals surface area contributed by atoms with Gasteiger partial charge in [0.25, 0.3) is 0 Å². The van der Waals surface area contributed by atoms with E-state index in [2.05, 4.69) is 22.2 Å². The van der Waals surface area contributed by atoms with Gasteiger partial charge in [0.15, 0.2) is 4.77 Å². The summed E-state index contributed by atoms with van der Waals surface area (Å²) >= 11 is 5.18. The minimum absolute atomic E-state index is 0.607. The van der Waals surface area contributed by atoms with Crippen LogP contribution in [0.1, 0.15) is 18.4 Å². The Balaban J connectivity index is 2.68. The van der Waals surface area contributed by atoms with Gasteiger partial charge in [0.05, 0.1) is 11.4 Å². The first-order valence-corrected chi connectivity index (χ1v) is 5.21. The SMILES string of the molecule is CCc1nn(C)cc1-n1c(C)n[nH]c1=S. The van der Waals surface area contributed by atoms with E-state index in [1.807, 2.05) is 24.7 Å². The summed E-state index contributed by atoms with van der Waals surface area (Å²) in [4.78, 5) is 0. The number of aryl methyl sites for hydroxylation is 3. The zero-order valence-corrected chi connectivity index (χ0v) is 9.80. The fraction of sp³-hybridized carbons (Fsp3) is 0.444. The molecule has 2 rings (SSSR count). The van der Waals surface area contributed by atoms with Crippen molar-refractivity contribution in [2.45, 2.75) is 20.3 Å². The molecule has 0 radical (unpaired) electrons. The quantitative estimate of drug-likeness (QED) is 0.786. The van der Waals surface area contributed by atoms with Crippen LogP contribution in [0.2, 0.25) is 0 Å². The molecule has 0 amide bonds. The van der Waals surface area contributed by atoms with Crippen LogP contribution in [0.4, 0.5) is 0 Å². The number of aromatic nitrogens is 5. The number of hydrogen-bond donors (Lipinski definition) is 1. The van der Waals surface area contributed by atoms with Gasteiger partial charge in [-0.3, -0.25) is 14.3 Å². The molecule has 0 saturated carbocycles. The van der Waals surface area contributed by atoms with Gasteiger partial charge in [-0.15, -0.1) is 0 Å². The summed E-state index contributed by atoms with van der Waals surface area (Å²) in [6.45, 7) is 3.99. The Morgan fingerprint density at radius 2 is 2.27 bits per heavy atom. The molecule has 0 aliphatic rings. The first kappa shape index (κ1) is 10.1. The predicted octanol–water partition coefficient (Wildman–Crippen LogP) is 1.53. The lowest BCUT2D eigenvalue weighted by Gasteiger charge is -2.01. The van der Waals surface area contributed by atoms with E-state index in [1.54, 1.807) is 4.68 Å². The summed E-state index contributed by atoms with van der Waals surface area (Å²) < 4.78 is 4.30. The average Bonchev–Trinajstić information content (AvgIpc) is 2.70. The van der Waals surface area contributed by atoms with Crippen molar-refractivity contribution >= 4 is 12.2 Å². The third kappa shape index (κ3) is 1.61. The molecule has 2 heterocycles. The van der Waals surface area contributed by atoms with E-state index in [0.29, 0.717) is 4.77 Å². The second-order valence-corrected chi connectivity index (χ2v) is 3.79. The van der Waals surface area contributed by atoms with E-state index >= 15 is 0 Å². The Kier molecular flexibility index (Phi) is 2.44. The van der Waals surface area contributed by atoms with Crippen molar-refractivity contribution in [3.05, 3.63) is 22.5 Å². The Labute approximate surface area is 92.7 Å². The lowest BCUT2D eigenvalue weighted by Crippen LogP contribution is -1.99. The van der Waals surface area contributed by atoms with Crippen molar-refractivity contribution in [2.24, 2.45) is 7.05 Å². The Hall–Kier alpha value is -1.43. The fourth-order valence-electron chi connectivity index (χ4n) is 1.62. The molecule has 2 aromatic rings. The van der Waals surface area contributed by atoms with E-state index in [4.69, 9.17) is 12.2 Å². The van der Waals surface area contributed by atoms with Crippen LogP contribution < -0.4 is 0 Å². The Bertz CT molecular complexity index is 533. The first-order valence-electron chi connectivity index (χ1n) is 4.80. The molecule has 0 aliphatic carbocycles. The van der Waals surface area contributed by atoms with Crippen LogP contribution in [0, 0.1) is 11.7 Å². The molecule has 1 N–H and O–H groups in total. The van der Waals surface area contributed by atoms with Crippen molar-refractivity contribution in [3.63, 3.8) is 0 Å². The number of nitrogens with one attached hydrogen (secondary N) is 1. The number of nitrogens with zero attached hydrogens (tertiary/aromatic N) is 4. The molecular formula is C9H13N5S. The Morgan fingerprint density at radius 1 is 1.53 bits per heavy atom. The van der Waals surface area contributed by atoms with E-state index in [-0.39, 0.29) is 0 Å². The van der Waals surface area contributed by atoms with Gasteiger partial charge < -0.3 is 0 Å². The molecule has 6 heteroatoms. The van der Waals surface area contributed by atoms with Gasteiger partial charge in [0.1, 0.15) is 5.82 Å². The van der Waals surface area contributed by atoms with Crippen LogP contribution in [0.15, 0.2) is 6.20 Å². The molecule has 0 aliphatic heterocycles. The van der Waals surface area contributed by atoms with Crippen LogP contribution in [-0.4, -0.2) is 24.5 Å². The third-order valence-corrected chi connectivity index (χ3v) is 2.57. The second-order valence-electron chi connectivity index (χ2n) is 3.40. The normalized spacial score (nSPS) is 10.9. The first-order chi connectivity index (χ1) is 7.13. The molecule has 2 aromatic heterocycles. The highest BCUT2D eigenvalue weighted by Gasteiger charge is 2.11. The zero-order valence-electron chi connectivity index (χ0n) is 8.98. The summed E-state index contributed by atoms with van der Waals surface area (Å²) in [6, 6.07) is 0. The van der Waals surface area contributed by atoms with Crippen LogP contribution in [0.25, 0.3) is 5.69 Å². The predicted molar refractivity (Wildman–Crippen MR) is 59.6 cm³/mol. The van der Waals surface area contributed by atoms with Gasteiger partial charge in [0, 0.05) is 13.2 Å². The highest BCUT2D eigenvalue weighted by molar-refractivity contribution is 7.71. The maximum absolute atomic E-state index is 5.18. The summed E-state index contributed by atoms with van der Waals surface area (Å²) in [5.41, 5.74) is 2.04. The van der Waals surface area contributed by atoms with E-state index in [1.165, 1.54) is 0 Å². The van der Waals surface area contributed by atoms with E-state index < -0.39 is 0 Å². The number of H-pyrrole nitrogens is 1. The summed E-state index contributed by atoms with van der Waals surface area (Å²) in [5, 5.41) is 11.2. The zero-order chi connectivity index (χ0) is 11.0. The highest BCUT2D eigenvalue weighted by atomic mass is 32.1. The molecular weight excluding hydrogens is 210 g/mol. The van der Waals surface area contributed by atoms with Crippen LogP contribution in [0.3, 0.4) is 0 Å². The molecule has 5 nitrogen and oxygen atoms in total. The topological polar surface area (TPSA) is 51.4 Å². The highest BCUT2D eigenvalue weighted by Crippen LogP contribution is 2.15. The number of aromatic amines is 1. The molecule has 0 saturated heterocycles. The minimum atomic E-state index is 0.607. The van der Waals surface area contributed by atoms with Gasteiger partial charge in [-0.1, -0.05) is 6.92 Å².